The second kappa shape index (κ2) is 14.1. The lowest BCUT2D eigenvalue weighted by Crippen LogP contribution is -2.44. The van der Waals surface area contributed by atoms with E-state index in [2.05, 4.69) is 40.1 Å². The number of nitrogens with one attached hydrogen (secondary N) is 3. The molecule has 0 spiro atoms. The van der Waals surface area contributed by atoms with Gasteiger partial charge in [-0.05, 0) is 31.7 Å². The van der Waals surface area contributed by atoms with E-state index in [9.17, 15) is 8.42 Å². The molecule has 3 fully saturated rings. The van der Waals surface area contributed by atoms with Gasteiger partial charge in [0.25, 0.3) is 0 Å². The molecule has 6 rings (SSSR count). The summed E-state index contributed by atoms with van der Waals surface area (Å²) in [7, 11) is -3.46. The molecule has 0 atom stereocenters. The Hall–Kier alpha value is -3.53. The molecule has 3 aliphatic rings. The van der Waals surface area contributed by atoms with Crippen molar-refractivity contribution in [2.24, 2.45) is 0 Å². The van der Waals surface area contributed by atoms with Gasteiger partial charge in [-0.3, -0.25) is 14.6 Å². The van der Waals surface area contributed by atoms with Crippen molar-refractivity contribution >= 4 is 38.4 Å². The van der Waals surface area contributed by atoms with Crippen LogP contribution in [0, 0.1) is 0 Å². The number of ether oxygens (including phenoxy) is 3. The molecule has 2 aliphatic heterocycles. The average Bonchev–Trinajstić information content (AvgIpc) is 3.03. The third-order valence-electron chi connectivity index (χ3n) is 8.07. The maximum Gasteiger partial charge on any atom is 0.229 e. The molecule has 14 nitrogen and oxygen atoms in total. The third-order valence-corrected chi connectivity index (χ3v) is 8.68. The Morgan fingerprint density at radius 1 is 1.00 bits per heavy atom. The first-order valence-electron chi connectivity index (χ1n) is 15.3. The molecule has 0 radical (unpaired) electrons. The molecular formula is C29H41N9O5S. The van der Waals surface area contributed by atoms with Crippen LogP contribution in [0.2, 0.25) is 0 Å². The van der Waals surface area contributed by atoms with E-state index in [1.54, 1.807) is 18.5 Å². The van der Waals surface area contributed by atoms with E-state index in [0.717, 1.165) is 83.6 Å². The Labute approximate surface area is 258 Å². The van der Waals surface area contributed by atoms with Crippen molar-refractivity contribution in [1.82, 2.24) is 30.2 Å². The minimum Gasteiger partial charge on any atom is -0.489 e. The summed E-state index contributed by atoms with van der Waals surface area (Å²) in [6.45, 7) is 8.38. The summed E-state index contributed by atoms with van der Waals surface area (Å²) in [6.07, 6.45) is 9.46. The van der Waals surface area contributed by atoms with Crippen molar-refractivity contribution in [3.63, 3.8) is 0 Å². The van der Waals surface area contributed by atoms with E-state index in [-0.39, 0.29) is 12.1 Å². The number of hydrogen-bond acceptors (Lipinski definition) is 13. The molecule has 3 aromatic rings. The molecule has 0 bridgehead atoms. The quantitative estimate of drug-likeness (QED) is 0.283. The highest BCUT2D eigenvalue weighted by Gasteiger charge is 2.25. The largest absolute Gasteiger partial charge is 0.489 e. The standard InChI is InChI=1S/C29H41N9O5S/c1-44(39,40)36-22-16-25-26(31-18-22)17-27(38-11-13-41-14-12-38)35-28(25)43-23-4-2-21(3-5-23)34-29-32-19-24(20-33-29)42-15-10-37-8-6-30-7-9-37/h16-21,23,30,36H,2-15H2,1H3,(H,32,33,34). The van der Waals surface area contributed by atoms with Crippen LogP contribution in [0.15, 0.2) is 30.7 Å². The molecule has 3 N–H and O–H groups in total. The van der Waals surface area contributed by atoms with Crippen molar-refractivity contribution in [2.45, 2.75) is 37.8 Å². The molecule has 0 unspecified atom stereocenters. The van der Waals surface area contributed by atoms with E-state index in [0.29, 0.717) is 54.0 Å². The first kappa shape index (κ1) is 30.5. The van der Waals surface area contributed by atoms with Gasteiger partial charge in [-0.2, -0.15) is 4.98 Å². The number of piperazine rings is 1. The van der Waals surface area contributed by atoms with Crippen LogP contribution in [0.4, 0.5) is 17.5 Å². The summed E-state index contributed by atoms with van der Waals surface area (Å²) in [5, 5.41) is 7.48. The fourth-order valence-corrected chi connectivity index (χ4v) is 6.29. The van der Waals surface area contributed by atoms with Crippen molar-refractivity contribution < 1.29 is 22.6 Å². The van der Waals surface area contributed by atoms with Gasteiger partial charge in [0, 0.05) is 57.9 Å². The summed E-state index contributed by atoms with van der Waals surface area (Å²) >= 11 is 0. The first-order valence-corrected chi connectivity index (χ1v) is 17.2. The van der Waals surface area contributed by atoms with Crippen LogP contribution in [0.3, 0.4) is 0 Å². The molecule has 15 heteroatoms. The predicted octanol–water partition coefficient (Wildman–Crippen LogP) is 1.71. The van der Waals surface area contributed by atoms with Gasteiger partial charge in [0.05, 0.1) is 54.7 Å². The predicted molar refractivity (Wildman–Crippen MR) is 168 cm³/mol. The molecule has 5 heterocycles. The molecule has 0 amide bonds. The van der Waals surface area contributed by atoms with Gasteiger partial charge in [0.1, 0.15) is 18.5 Å². The lowest BCUT2D eigenvalue weighted by Gasteiger charge is -2.31. The Morgan fingerprint density at radius 3 is 2.48 bits per heavy atom. The topological polar surface area (TPSA) is 156 Å². The number of fused-ring (bicyclic) bond motifs is 1. The summed E-state index contributed by atoms with van der Waals surface area (Å²) in [5.41, 5.74) is 1.06. The number of hydrogen-bond donors (Lipinski definition) is 3. The highest BCUT2D eigenvalue weighted by atomic mass is 32.2. The number of rotatable bonds is 11. The molecule has 44 heavy (non-hydrogen) atoms. The smallest absolute Gasteiger partial charge is 0.229 e. The third kappa shape index (κ3) is 8.34. The minimum atomic E-state index is -3.46. The van der Waals surface area contributed by atoms with E-state index in [1.807, 2.05) is 6.07 Å². The van der Waals surface area contributed by atoms with Gasteiger partial charge >= 0.3 is 0 Å². The zero-order valence-electron chi connectivity index (χ0n) is 25.1. The molecule has 3 aromatic heterocycles. The molecule has 1 saturated carbocycles. The Kier molecular flexibility index (Phi) is 9.74. The molecule has 1 aliphatic carbocycles. The normalized spacial score (nSPS) is 21.6. The van der Waals surface area contributed by atoms with Gasteiger partial charge in [-0.15, -0.1) is 0 Å². The molecular weight excluding hydrogens is 586 g/mol. The van der Waals surface area contributed by atoms with Gasteiger partial charge in [-0.1, -0.05) is 0 Å². The monoisotopic (exact) mass is 627 g/mol. The van der Waals surface area contributed by atoms with Crippen LogP contribution in [0.25, 0.3) is 10.9 Å². The van der Waals surface area contributed by atoms with E-state index in [4.69, 9.17) is 19.2 Å². The number of anilines is 3. The SMILES string of the molecule is CS(=O)(=O)Nc1cnc2cc(N3CCOCC3)nc(OC3CCC(Nc4ncc(OCCN5CCNCC5)cn4)CC3)c2c1. The number of aromatic nitrogens is 4. The number of nitrogens with zero attached hydrogens (tertiary/aromatic N) is 6. The van der Waals surface area contributed by atoms with Gasteiger partial charge < -0.3 is 29.7 Å². The summed E-state index contributed by atoms with van der Waals surface area (Å²) in [4.78, 5) is 22.9. The van der Waals surface area contributed by atoms with Crippen LogP contribution in [-0.4, -0.2) is 117 Å². The Balaban J connectivity index is 1.06. The van der Waals surface area contributed by atoms with E-state index >= 15 is 0 Å². The van der Waals surface area contributed by atoms with Crippen molar-refractivity contribution in [3.8, 4) is 11.6 Å². The average molecular weight is 628 g/mol. The molecule has 0 aromatic carbocycles. The second-order valence-electron chi connectivity index (χ2n) is 11.5. The molecule has 238 valence electrons. The fourth-order valence-electron chi connectivity index (χ4n) is 5.75. The van der Waals surface area contributed by atoms with Gasteiger partial charge in [0.15, 0.2) is 5.75 Å². The molecule has 2 saturated heterocycles. The van der Waals surface area contributed by atoms with Crippen LogP contribution < -0.4 is 29.7 Å². The zero-order chi connectivity index (χ0) is 30.4. The maximum atomic E-state index is 11.8. The van der Waals surface area contributed by atoms with Crippen molar-refractivity contribution in [3.05, 3.63) is 30.7 Å². The van der Waals surface area contributed by atoms with Crippen LogP contribution in [-0.2, 0) is 14.8 Å². The Morgan fingerprint density at radius 2 is 1.75 bits per heavy atom. The summed E-state index contributed by atoms with van der Waals surface area (Å²) in [5.74, 6) is 2.50. The highest BCUT2D eigenvalue weighted by molar-refractivity contribution is 7.92. The fraction of sp³-hybridized carbons (Fsp3) is 0.586. The Bertz CT molecular complexity index is 1490. The highest BCUT2D eigenvalue weighted by Crippen LogP contribution is 2.33. The number of pyridine rings is 2. The lowest BCUT2D eigenvalue weighted by atomic mass is 9.93. The number of sulfonamides is 1. The van der Waals surface area contributed by atoms with Crippen LogP contribution in [0.1, 0.15) is 25.7 Å². The van der Waals surface area contributed by atoms with Gasteiger partial charge in [0.2, 0.25) is 21.9 Å². The van der Waals surface area contributed by atoms with Gasteiger partial charge in [-0.25, -0.2) is 18.4 Å². The van der Waals surface area contributed by atoms with Crippen LogP contribution in [0.5, 0.6) is 11.6 Å². The summed E-state index contributed by atoms with van der Waals surface area (Å²) < 4.78 is 44.1. The number of morpholine rings is 1. The maximum absolute atomic E-state index is 11.8. The first-order chi connectivity index (χ1) is 21.4. The summed E-state index contributed by atoms with van der Waals surface area (Å²) in [6, 6.07) is 3.88. The minimum absolute atomic E-state index is 0.0393. The van der Waals surface area contributed by atoms with Crippen LogP contribution >= 0.6 is 0 Å². The van der Waals surface area contributed by atoms with E-state index in [1.165, 1.54) is 6.20 Å². The zero-order valence-corrected chi connectivity index (χ0v) is 25.9. The van der Waals surface area contributed by atoms with Crippen molar-refractivity contribution in [2.75, 3.05) is 86.8 Å². The van der Waals surface area contributed by atoms with E-state index < -0.39 is 10.0 Å². The van der Waals surface area contributed by atoms with Crippen molar-refractivity contribution in [1.29, 1.82) is 0 Å². The second-order valence-corrected chi connectivity index (χ2v) is 13.2. The lowest BCUT2D eigenvalue weighted by molar-refractivity contribution is 0.122.